The van der Waals surface area contributed by atoms with Crippen molar-refractivity contribution in [3.63, 3.8) is 0 Å². The molecule has 1 amide bonds. The molecule has 3 N–H and O–H groups in total. The topological polar surface area (TPSA) is 58.4 Å². The number of carbonyl (C=O) groups excluding carboxylic acids is 1. The van der Waals surface area contributed by atoms with Crippen LogP contribution in [-0.4, -0.2) is 34.9 Å². The summed E-state index contributed by atoms with van der Waals surface area (Å²) in [5.41, 5.74) is 9.05. The first kappa shape index (κ1) is 14.9. The van der Waals surface area contributed by atoms with E-state index in [9.17, 15) is 4.79 Å². The van der Waals surface area contributed by atoms with Gasteiger partial charge in [-0.1, -0.05) is 24.4 Å². The number of carbonyl (C=O) groups is 1. The van der Waals surface area contributed by atoms with Gasteiger partial charge in [-0.3, -0.25) is 9.69 Å². The molecule has 108 valence electrons. The highest BCUT2D eigenvalue weighted by molar-refractivity contribution is 7.80. The summed E-state index contributed by atoms with van der Waals surface area (Å²) in [7, 11) is 0. The van der Waals surface area contributed by atoms with Gasteiger partial charge in [-0.15, -0.1) is 0 Å². The zero-order valence-electron chi connectivity index (χ0n) is 12.0. The lowest BCUT2D eigenvalue weighted by molar-refractivity contribution is -0.119. The first-order chi connectivity index (χ1) is 9.45. The first-order valence-electron chi connectivity index (χ1n) is 6.84. The van der Waals surface area contributed by atoms with Crippen LogP contribution in [0, 0.1) is 6.92 Å². The maximum atomic E-state index is 11.1. The minimum Gasteiger partial charge on any atom is -0.389 e. The number of benzene rings is 1. The summed E-state index contributed by atoms with van der Waals surface area (Å²) in [6.07, 6.45) is 1.02. The molecule has 1 saturated heterocycles. The van der Waals surface area contributed by atoms with Crippen molar-refractivity contribution in [2.75, 3.05) is 13.1 Å². The van der Waals surface area contributed by atoms with Gasteiger partial charge in [0.15, 0.2) is 0 Å². The lowest BCUT2D eigenvalue weighted by Gasteiger charge is -2.18. The number of likely N-dealkylation sites (tertiary alicyclic amines) is 1. The van der Waals surface area contributed by atoms with Crippen molar-refractivity contribution in [2.24, 2.45) is 5.73 Å². The summed E-state index contributed by atoms with van der Waals surface area (Å²) >= 11 is 4.99. The molecule has 0 aliphatic carbocycles. The van der Waals surface area contributed by atoms with Crippen LogP contribution in [0.5, 0.6) is 0 Å². The third-order valence-corrected chi connectivity index (χ3v) is 3.94. The number of nitrogens with zero attached hydrogens (tertiary/aromatic N) is 1. The summed E-state index contributed by atoms with van der Waals surface area (Å²) in [4.78, 5) is 13.9. The Kier molecular flexibility index (Phi) is 4.73. The smallest absolute Gasteiger partial charge is 0.217 e. The molecule has 1 unspecified atom stereocenters. The van der Waals surface area contributed by atoms with Crippen molar-refractivity contribution in [3.05, 3.63) is 34.9 Å². The second kappa shape index (κ2) is 6.33. The van der Waals surface area contributed by atoms with Gasteiger partial charge in [0.05, 0.1) is 0 Å². The summed E-state index contributed by atoms with van der Waals surface area (Å²) in [5, 5.41) is 2.98. The maximum Gasteiger partial charge on any atom is 0.217 e. The molecule has 1 atom stereocenters. The number of hydrogen-bond donors (Lipinski definition) is 2. The van der Waals surface area contributed by atoms with E-state index in [1.165, 1.54) is 11.1 Å². The van der Waals surface area contributed by atoms with Crippen molar-refractivity contribution in [1.82, 2.24) is 10.2 Å². The monoisotopic (exact) mass is 291 g/mol. The van der Waals surface area contributed by atoms with Crippen LogP contribution < -0.4 is 11.1 Å². The molecule has 1 aromatic carbocycles. The van der Waals surface area contributed by atoms with Gasteiger partial charge in [-0.2, -0.15) is 0 Å². The van der Waals surface area contributed by atoms with E-state index >= 15 is 0 Å². The Bertz CT molecular complexity index is 530. The van der Waals surface area contributed by atoms with Crippen LogP contribution in [0.1, 0.15) is 30.0 Å². The van der Waals surface area contributed by atoms with Gasteiger partial charge in [0, 0.05) is 38.2 Å². The standard InChI is InChI=1S/C15H21N3OS/c1-10-7-12(15(16)20)3-4-13(10)8-18-6-5-14(9-18)17-11(2)19/h3-4,7,14H,5-6,8-9H2,1-2H3,(H2,16,20)(H,17,19). The Morgan fingerprint density at radius 2 is 2.30 bits per heavy atom. The first-order valence-corrected chi connectivity index (χ1v) is 7.25. The predicted octanol–water partition coefficient (Wildman–Crippen LogP) is 1.34. The van der Waals surface area contributed by atoms with E-state index in [1.54, 1.807) is 6.92 Å². The highest BCUT2D eigenvalue weighted by Gasteiger charge is 2.23. The fourth-order valence-corrected chi connectivity index (χ4v) is 2.78. The Hall–Kier alpha value is -1.46. The molecule has 1 aliphatic heterocycles. The van der Waals surface area contributed by atoms with Gasteiger partial charge >= 0.3 is 0 Å². The van der Waals surface area contributed by atoms with E-state index in [2.05, 4.69) is 23.2 Å². The number of amides is 1. The Labute approximate surface area is 125 Å². The van der Waals surface area contributed by atoms with E-state index < -0.39 is 0 Å². The van der Waals surface area contributed by atoms with Crippen molar-refractivity contribution in [2.45, 2.75) is 32.9 Å². The Morgan fingerprint density at radius 1 is 1.55 bits per heavy atom. The molecule has 0 saturated carbocycles. The number of nitrogens with two attached hydrogens (primary N) is 1. The van der Waals surface area contributed by atoms with Gasteiger partial charge in [-0.05, 0) is 30.5 Å². The highest BCUT2D eigenvalue weighted by atomic mass is 32.1. The number of nitrogens with one attached hydrogen (secondary N) is 1. The SMILES string of the molecule is CC(=O)NC1CCN(Cc2ccc(C(N)=S)cc2C)C1. The van der Waals surface area contributed by atoms with Crippen LogP contribution >= 0.6 is 12.2 Å². The van der Waals surface area contributed by atoms with Crippen LogP contribution in [0.25, 0.3) is 0 Å². The van der Waals surface area contributed by atoms with Gasteiger partial charge < -0.3 is 11.1 Å². The summed E-state index contributed by atoms with van der Waals surface area (Å²) < 4.78 is 0. The molecule has 1 fully saturated rings. The third kappa shape index (κ3) is 3.77. The van der Waals surface area contributed by atoms with Crippen LogP contribution in [-0.2, 0) is 11.3 Å². The van der Waals surface area contributed by atoms with Crippen LogP contribution in [0.4, 0.5) is 0 Å². The molecule has 0 spiro atoms. The van der Waals surface area contributed by atoms with E-state index in [1.807, 2.05) is 12.1 Å². The second-order valence-corrected chi connectivity index (χ2v) is 5.87. The lowest BCUT2D eigenvalue weighted by atomic mass is 10.0. The summed E-state index contributed by atoms with van der Waals surface area (Å²) in [6.45, 7) is 6.48. The predicted molar refractivity (Wildman–Crippen MR) is 84.6 cm³/mol. The molecule has 1 aromatic rings. The summed E-state index contributed by atoms with van der Waals surface area (Å²) in [5.74, 6) is 0.0499. The molecule has 1 aliphatic rings. The third-order valence-electron chi connectivity index (χ3n) is 3.70. The summed E-state index contributed by atoms with van der Waals surface area (Å²) in [6, 6.07) is 6.39. The lowest BCUT2D eigenvalue weighted by Crippen LogP contribution is -2.35. The molecule has 1 heterocycles. The number of thiocarbonyl (C=S) groups is 1. The number of hydrogen-bond acceptors (Lipinski definition) is 3. The fourth-order valence-electron chi connectivity index (χ4n) is 2.65. The van der Waals surface area contributed by atoms with Crippen molar-refractivity contribution < 1.29 is 4.79 Å². The maximum absolute atomic E-state index is 11.1. The molecule has 20 heavy (non-hydrogen) atoms. The molecular formula is C15H21N3OS. The van der Waals surface area contributed by atoms with Crippen LogP contribution in [0.15, 0.2) is 18.2 Å². The number of aryl methyl sites for hydroxylation is 1. The zero-order chi connectivity index (χ0) is 14.7. The molecule has 5 heteroatoms. The Balaban J connectivity index is 1.97. The quantitative estimate of drug-likeness (QED) is 0.822. The second-order valence-electron chi connectivity index (χ2n) is 5.43. The largest absolute Gasteiger partial charge is 0.389 e. The van der Waals surface area contributed by atoms with E-state index in [4.69, 9.17) is 18.0 Å². The van der Waals surface area contributed by atoms with E-state index in [0.29, 0.717) is 4.99 Å². The van der Waals surface area contributed by atoms with Crippen LogP contribution in [0.2, 0.25) is 0 Å². The zero-order valence-corrected chi connectivity index (χ0v) is 12.8. The fraction of sp³-hybridized carbons (Fsp3) is 0.467. The molecule has 0 aromatic heterocycles. The van der Waals surface area contributed by atoms with Gasteiger partial charge in [0.1, 0.15) is 4.99 Å². The molecule has 0 radical (unpaired) electrons. The molecule has 0 bridgehead atoms. The van der Waals surface area contributed by atoms with Gasteiger partial charge in [0.25, 0.3) is 0 Å². The number of rotatable bonds is 4. The highest BCUT2D eigenvalue weighted by Crippen LogP contribution is 2.17. The Morgan fingerprint density at radius 3 is 2.90 bits per heavy atom. The average Bonchev–Trinajstić information content (AvgIpc) is 2.78. The van der Waals surface area contributed by atoms with E-state index in [-0.39, 0.29) is 11.9 Å². The van der Waals surface area contributed by atoms with Crippen molar-refractivity contribution in [3.8, 4) is 0 Å². The average molecular weight is 291 g/mol. The van der Waals surface area contributed by atoms with Crippen molar-refractivity contribution >= 4 is 23.1 Å². The van der Waals surface area contributed by atoms with Gasteiger partial charge in [-0.25, -0.2) is 0 Å². The molecule has 4 nitrogen and oxygen atoms in total. The normalized spacial score (nSPS) is 19.0. The van der Waals surface area contributed by atoms with E-state index in [0.717, 1.165) is 31.6 Å². The minimum atomic E-state index is 0.0499. The van der Waals surface area contributed by atoms with Crippen molar-refractivity contribution in [1.29, 1.82) is 0 Å². The molecule has 2 rings (SSSR count). The van der Waals surface area contributed by atoms with Crippen LogP contribution in [0.3, 0.4) is 0 Å². The van der Waals surface area contributed by atoms with Gasteiger partial charge in [0.2, 0.25) is 5.91 Å². The molecular weight excluding hydrogens is 270 g/mol. The minimum absolute atomic E-state index is 0.0499.